The Labute approximate surface area is 265 Å². The molecule has 0 saturated heterocycles. The number of carbonyl (C=O) groups excluding carboxylic acids is 2. The van der Waals surface area contributed by atoms with Crippen molar-refractivity contribution in [2.45, 2.75) is 31.0 Å². The quantitative estimate of drug-likeness (QED) is 0.150. The van der Waals surface area contributed by atoms with Gasteiger partial charge in [0.05, 0.1) is 34.4 Å². The number of ether oxygens (including phenoxy) is 1. The predicted octanol–water partition coefficient (Wildman–Crippen LogP) is 8.95. The van der Waals surface area contributed by atoms with Crippen LogP contribution in [0.25, 0.3) is 22.3 Å². The number of nitrogens with one attached hydrogen (secondary N) is 1. The molecule has 0 radical (unpaired) electrons. The van der Waals surface area contributed by atoms with E-state index in [1.54, 1.807) is 0 Å². The zero-order valence-corrected chi connectivity index (χ0v) is 24.5. The molecule has 0 spiro atoms. The SMILES string of the molecule is COC(=O)C(Cc1ccc(-c2cc(C(F)(F)F)cc(C(F)(F)F)c2)cc1)NC(=O)c1cc(-c2ccc(C(F)(F)F)c(Cl)c2)ccc1O. The molecule has 4 aromatic carbocycles. The summed E-state index contributed by atoms with van der Waals surface area (Å²) in [7, 11) is 1.03. The van der Waals surface area contributed by atoms with Crippen molar-refractivity contribution in [3.8, 4) is 28.0 Å². The fraction of sp³-hybridized carbons (Fsp3) is 0.188. The van der Waals surface area contributed by atoms with Gasteiger partial charge in [0.15, 0.2) is 0 Å². The van der Waals surface area contributed by atoms with Crippen LogP contribution in [0.4, 0.5) is 39.5 Å². The number of halogens is 10. The van der Waals surface area contributed by atoms with Crippen LogP contribution in [0.5, 0.6) is 5.75 Å². The molecule has 0 fully saturated rings. The van der Waals surface area contributed by atoms with Crippen molar-refractivity contribution in [3.63, 3.8) is 0 Å². The zero-order valence-electron chi connectivity index (χ0n) is 23.7. The lowest BCUT2D eigenvalue weighted by atomic mass is 9.97. The Morgan fingerprint density at radius 1 is 0.723 bits per heavy atom. The molecule has 0 heterocycles. The van der Waals surface area contributed by atoms with Crippen molar-refractivity contribution in [1.82, 2.24) is 5.32 Å². The molecule has 2 N–H and O–H groups in total. The molecule has 0 aromatic heterocycles. The van der Waals surface area contributed by atoms with Crippen LogP contribution in [0.15, 0.2) is 78.9 Å². The Hall–Kier alpha value is -4.72. The zero-order chi connectivity index (χ0) is 34.9. The second-order valence-corrected chi connectivity index (χ2v) is 10.6. The molecule has 5 nitrogen and oxygen atoms in total. The van der Waals surface area contributed by atoms with Gasteiger partial charge >= 0.3 is 24.5 Å². The molecule has 1 unspecified atom stereocenters. The third-order valence-electron chi connectivity index (χ3n) is 6.95. The molecule has 1 amide bonds. The summed E-state index contributed by atoms with van der Waals surface area (Å²) >= 11 is 5.80. The molecule has 0 aliphatic rings. The number of hydrogen-bond acceptors (Lipinski definition) is 4. The first-order valence-corrected chi connectivity index (χ1v) is 13.6. The van der Waals surface area contributed by atoms with Crippen LogP contribution < -0.4 is 5.32 Å². The van der Waals surface area contributed by atoms with Crippen LogP contribution in [0.3, 0.4) is 0 Å². The first kappa shape index (κ1) is 35.1. The highest BCUT2D eigenvalue weighted by atomic mass is 35.5. The molecular weight excluding hydrogens is 669 g/mol. The first-order chi connectivity index (χ1) is 21.8. The van der Waals surface area contributed by atoms with Gasteiger partial charge in [0.2, 0.25) is 0 Å². The third kappa shape index (κ3) is 8.36. The fourth-order valence-corrected chi connectivity index (χ4v) is 4.87. The van der Waals surface area contributed by atoms with E-state index in [1.165, 1.54) is 30.3 Å². The molecular formula is C32H21ClF9NO4. The summed E-state index contributed by atoms with van der Waals surface area (Å²) in [5.74, 6) is -2.44. The van der Waals surface area contributed by atoms with E-state index in [2.05, 4.69) is 5.32 Å². The fourth-order valence-electron chi connectivity index (χ4n) is 4.58. The average molecular weight is 690 g/mol. The van der Waals surface area contributed by atoms with Crippen LogP contribution in [-0.2, 0) is 34.5 Å². The van der Waals surface area contributed by atoms with Crippen LogP contribution in [0, 0.1) is 0 Å². The van der Waals surface area contributed by atoms with E-state index in [9.17, 15) is 54.2 Å². The van der Waals surface area contributed by atoms with E-state index < -0.39 is 63.9 Å². The van der Waals surface area contributed by atoms with Gasteiger partial charge in [-0.25, -0.2) is 4.79 Å². The lowest BCUT2D eigenvalue weighted by Gasteiger charge is -2.18. The number of phenols is 1. The molecule has 1 atom stereocenters. The lowest BCUT2D eigenvalue weighted by Crippen LogP contribution is -2.43. The normalized spacial score (nSPS) is 12.8. The number of carbonyl (C=O) groups is 2. The minimum absolute atomic E-state index is 0.00760. The number of benzene rings is 4. The highest BCUT2D eigenvalue weighted by Crippen LogP contribution is 2.39. The molecule has 15 heteroatoms. The number of hydrogen-bond donors (Lipinski definition) is 2. The van der Waals surface area contributed by atoms with E-state index in [-0.39, 0.29) is 40.3 Å². The summed E-state index contributed by atoms with van der Waals surface area (Å²) in [6, 6.07) is 11.4. The van der Waals surface area contributed by atoms with Crippen molar-refractivity contribution >= 4 is 23.5 Å². The van der Waals surface area contributed by atoms with E-state index in [0.717, 1.165) is 37.4 Å². The van der Waals surface area contributed by atoms with Gasteiger partial charge in [-0.2, -0.15) is 39.5 Å². The number of aromatic hydroxyl groups is 1. The number of alkyl halides is 9. The van der Waals surface area contributed by atoms with Crippen LogP contribution >= 0.6 is 11.6 Å². The number of esters is 1. The predicted molar refractivity (Wildman–Crippen MR) is 152 cm³/mol. The van der Waals surface area contributed by atoms with Gasteiger partial charge in [-0.15, -0.1) is 0 Å². The van der Waals surface area contributed by atoms with Gasteiger partial charge < -0.3 is 15.2 Å². The number of phenolic OH excluding ortho intramolecular Hbond substituents is 1. The summed E-state index contributed by atoms with van der Waals surface area (Å²) in [4.78, 5) is 25.7. The maximum atomic E-state index is 13.3. The summed E-state index contributed by atoms with van der Waals surface area (Å²) in [6.07, 6.45) is -15.0. The second kappa shape index (κ2) is 13.2. The minimum Gasteiger partial charge on any atom is -0.507 e. The Morgan fingerprint density at radius 2 is 1.26 bits per heavy atom. The van der Waals surface area contributed by atoms with Crippen molar-refractivity contribution in [1.29, 1.82) is 0 Å². The smallest absolute Gasteiger partial charge is 0.417 e. The van der Waals surface area contributed by atoms with Crippen molar-refractivity contribution < 1.29 is 58.9 Å². The van der Waals surface area contributed by atoms with E-state index in [1.807, 2.05) is 0 Å². The number of amides is 1. The first-order valence-electron chi connectivity index (χ1n) is 13.3. The third-order valence-corrected chi connectivity index (χ3v) is 7.27. The number of rotatable bonds is 7. The summed E-state index contributed by atoms with van der Waals surface area (Å²) in [5.41, 5.74) is -4.05. The molecule has 248 valence electrons. The van der Waals surface area contributed by atoms with Crippen LogP contribution in [-0.4, -0.2) is 30.1 Å². The van der Waals surface area contributed by atoms with Gasteiger partial charge in [-0.3, -0.25) is 4.79 Å². The molecule has 47 heavy (non-hydrogen) atoms. The molecule has 4 rings (SSSR count). The summed E-state index contributed by atoms with van der Waals surface area (Å²) < 4.78 is 124. The van der Waals surface area contributed by atoms with Gasteiger partial charge in [-0.05, 0) is 70.3 Å². The van der Waals surface area contributed by atoms with Crippen molar-refractivity contribution in [2.75, 3.05) is 7.11 Å². The Kier molecular flexibility index (Phi) is 9.86. The average Bonchev–Trinajstić information content (AvgIpc) is 2.99. The molecule has 4 aromatic rings. The molecule has 0 aliphatic heterocycles. The van der Waals surface area contributed by atoms with Crippen LogP contribution in [0.2, 0.25) is 5.02 Å². The summed E-state index contributed by atoms with van der Waals surface area (Å²) in [6.45, 7) is 0. The minimum atomic E-state index is -5.04. The largest absolute Gasteiger partial charge is 0.507 e. The van der Waals surface area contributed by atoms with E-state index in [4.69, 9.17) is 16.3 Å². The van der Waals surface area contributed by atoms with Crippen molar-refractivity contribution in [2.24, 2.45) is 0 Å². The maximum Gasteiger partial charge on any atom is 0.417 e. The lowest BCUT2D eigenvalue weighted by molar-refractivity contribution is -0.144. The Morgan fingerprint density at radius 3 is 1.77 bits per heavy atom. The van der Waals surface area contributed by atoms with Gasteiger partial charge in [0.1, 0.15) is 11.8 Å². The van der Waals surface area contributed by atoms with Gasteiger partial charge in [0.25, 0.3) is 5.91 Å². The Balaban J connectivity index is 1.58. The maximum absolute atomic E-state index is 13.3. The van der Waals surface area contributed by atoms with Gasteiger partial charge in [0, 0.05) is 6.42 Å². The standard InChI is InChI=1S/C32H21ClF9NO4/c1-47-29(46)26(10-16-2-4-17(5-3-16)20-11-21(30(34,35)36)15-22(12-20)31(37,38)39)43-28(45)23-13-18(7-9-27(23)44)19-6-8-24(25(33)14-19)32(40,41)42/h2-9,11-15,26,44H,10H2,1H3,(H,43,45). The highest BCUT2D eigenvalue weighted by molar-refractivity contribution is 6.31. The molecule has 0 saturated carbocycles. The monoisotopic (exact) mass is 689 g/mol. The summed E-state index contributed by atoms with van der Waals surface area (Å²) in [5, 5.41) is 12.1. The second-order valence-electron chi connectivity index (χ2n) is 10.2. The highest BCUT2D eigenvalue weighted by Gasteiger charge is 2.37. The molecule has 0 bridgehead atoms. The number of methoxy groups -OCH3 is 1. The van der Waals surface area contributed by atoms with E-state index >= 15 is 0 Å². The van der Waals surface area contributed by atoms with Gasteiger partial charge in [-0.1, -0.05) is 48.0 Å². The van der Waals surface area contributed by atoms with Crippen LogP contribution in [0.1, 0.15) is 32.6 Å². The topological polar surface area (TPSA) is 75.6 Å². The Bertz CT molecular complexity index is 1770. The van der Waals surface area contributed by atoms with E-state index in [0.29, 0.717) is 17.7 Å². The molecule has 0 aliphatic carbocycles. The van der Waals surface area contributed by atoms with Crippen molar-refractivity contribution in [3.05, 3.63) is 112 Å².